The Labute approximate surface area is 123 Å². The monoisotopic (exact) mass is 282 g/mol. The predicted molar refractivity (Wildman–Crippen MR) is 86.8 cm³/mol. The van der Waals surface area contributed by atoms with Gasteiger partial charge < -0.3 is 5.32 Å². The molecule has 0 radical (unpaired) electrons. The predicted octanol–water partition coefficient (Wildman–Crippen LogP) is 3.98. The molecule has 0 atom stereocenters. The van der Waals surface area contributed by atoms with E-state index < -0.39 is 0 Å². The Morgan fingerprint density at radius 2 is 1.89 bits per heavy atom. The Morgan fingerprint density at radius 1 is 1.21 bits per heavy atom. The molecule has 1 aromatic rings. The van der Waals surface area contributed by atoms with Crippen LogP contribution in [0, 0.1) is 5.41 Å². The van der Waals surface area contributed by atoms with Gasteiger partial charge in [0.05, 0.1) is 0 Å². The third-order valence-corrected chi connectivity index (χ3v) is 4.02. The van der Waals surface area contributed by atoms with E-state index in [1.807, 2.05) is 11.3 Å². The summed E-state index contributed by atoms with van der Waals surface area (Å²) in [6.07, 6.45) is 0. The Bertz CT molecular complexity index is 349. The molecule has 0 bridgehead atoms. The van der Waals surface area contributed by atoms with Gasteiger partial charge >= 0.3 is 0 Å². The van der Waals surface area contributed by atoms with E-state index in [0.717, 1.165) is 26.2 Å². The smallest absolute Gasteiger partial charge is 0.0328 e. The Hall–Kier alpha value is -0.380. The van der Waals surface area contributed by atoms with Crippen molar-refractivity contribution in [3.8, 4) is 0 Å². The largest absolute Gasteiger partial charge is 0.311 e. The van der Waals surface area contributed by atoms with Crippen molar-refractivity contribution in [3.63, 3.8) is 0 Å². The molecule has 0 unspecified atom stereocenters. The van der Waals surface area contributed by atoms with Crippen LogP contribution in [0.1, 0.15) is 46.4 Å². The lowest BCUT2D eigenvalue weighted by atomic mass is 9.91. The molecule has 1 aromatic heterocycles. The topological polar surface area (TPSA) is 15.3 Å². The molecule has 0 spiro atoms. The summed E-state index contributed by atoms with van der Waals surface area (Å²) < 4.78 is 0. The van der Waals surface area contributed by atoms with E-state index in [4.69, 9.17) is 0 Å². The first-order valence-electron chi connectivity index (χ1n) is 7.22. The first-order valence-corrected chi connectivity index (χ1v) is 8.09. The van der Waals surface area contributed by atoms with Crippen LogP contribution in [0.5, 0.6) is 0 Å². The second-order valence-corrected chi connectivity index (χ2v) is 8.18. The second kappa shape index (κ2) is 6.87. The summed E-state index contributed by atoms with van der Waals surface area (Å²) >= 11 is 1.85. The van der Waals surface area contributed by atoms with Crippen molar-refractivity contribution < 1.29 is 0 Å². The molecule has 1 rings (SSSR count). The van der Waals surface area contributed by atoms with E-state index in [1.54, 1.807) is 0 Å². The van der Waals surface area contributed by atoms with Crippen LogP contribution < -0.4 is 5.32 Å². The highest BCUT2D eigenvalue weighted by Gasteiger charge is 2.23. The lowest BCUT2D eigenvalue weighted by molar-refractivity contribution is 0.166. The van der Waals surface area contributed by atoms with E-state index in [9.17, 15) is 0 Å². The molecular weight excluding hydrogens is 252 g/mol. The van der Waals surface area contributed by atoms with Crippen LogP contribution in [0.4, 0.5) is 0 Å². The van der Waals surface area contributed by atoms with Crippen molar-refractivity contribution in [2.75, 3.05) is 19.6 Å². The number of nitrogens with one attached hydrogen (secondary N) is 1. The van der Waals surface area contributed by atoms with Gasteiger partial charge in [-0.05, 0) is 44.2 Å². The average Bonchev–Trinajstić information content (AvgIpc) is 2.77. The van der Waals surface area contributed by atoms with Gasteiger partial charge in [-0.1, -0.05) is 26.8 Å². The number of rotatable bonds is 7. The molecule has 0 aromatic carbocycles. The van der Waals surface area contributed by atoms with Crippen LogP contribution in [0.25, 0.3) is 0 Å². The highest BCUT2D eigenvalue weighted by Crippen LogP contribution is 2.20. The van der Waals surface area contributed by atoms with Gasteiger partial charge in [-0.15, -0.1) is 11.3 Å². The second-order valence-electron chi connectivity index (χ2n) is 7.15. The molecular formula is C16H30N2S. The van der Waals surface area contributed by atoms with E-state index in [0.29, 0.717) is 5.41 Å². The third-order valence-electron chi connectivity index (χ3n) is 3.16. The van der Waals surface area contributed by atoms with Gasteiger partial charge in [0.25, 0.3) is 0 Å². The van der Waals surface area contributed by atoms with E-state index in [2.05, 4.69) is 69.3 Å². The van der Waals surface area contributed by atoms with Crippen LogP contribution in [0.3, 0.4) is 0 Å². The fourth-order valence-corrected chi connectivity index (χ4v) is 2.81. The summed E-state index contributed by atoms with van der Waals surface area (Å²) in [6.45, 7) is 18.0. The van der Waals surface area contributed by atoms with Gasteiger partial charge in [0.15, 0.2) is 0 Å². The molecule has 3 heteroatoms. The number of hydrogen-bond donors (Lipinski definition) is 1. The lowest BCUT2D eigenvalue weighted by Crippen LogP contribution is -2.46. The van der Waals surface area contributed by atoms with Crippen LogP contribution in [-0.4, -0.2) is 30.1 Å². The molecule has 0 aliphatic rings. The molecule has 0 saturated carbocycles. The summed E-state index contributed by atoms with van der Waals surface area (Å²) in [6, 6.07) is 4.37. The third kappa shape index (κ3) is 7.09. The first kappa shape index (κ1) is 16.7. The van der Waals surface area contributed by atoms with Crippen molar-refractivity contribution in [2.45, 2.75) is 53.6 Å². The minimum absolute atomic E-state index is 0.196. The zero-order valence-electron chi connectivity index (χ0n) is 13.4. The highest BCUT2D eigenvalue weighted by atomic mass is 32.1. The Kier molecular flexibility index (Phi) is 6.03. The molecule has 0 amide bonds. The van der Waals surface area contributed by atoms with Crippen LogP contribution in [0.15, 0.2) is 17.5 Å². The summed E-state index contributed by atoms with van der Waals surface area (Å²) in [7, 11) is 0. The minimum Gasteiger partial charge on any atom is -0.311 e. The van der Waals surface area contributed by atoms with Crippen molar-refractivity contribution >= 4 is 11.3 Å². The molecule has 1 N–H and O–H groups in total. The van der Waals surface area contributed by atoms with Gasteiger partial charge in [0, 0.05) is 30.1 Å². The summed E-state index contributed by atoms with van der Waals surface area (Å²) in [5, 5.41) is 5.79. The minimum atomic E-state index is 0.196. The summed E-state index contributed by atoms with van der Waals surface area (Å²) in [4.78, 5) is 4.00. The summed E-state index contributed by atoms with van der Waals surface area (Å²) in [5.74, 6) is 0. The molecule has 110 valence electrons. The van der Waals surface area contributed by atoms with Crippen molar-refractivity contribution in [1.82, 2.24) is 10.2 Å². The maximum absolute atomic E-state index is 3.63. The molecule has 0 fully saturated rings. The van der Waals surface area contributed by atoms with Gasteiger partial charge in [-0.25, -0.2) is 0 Å². The number of hydrogen-bond acceptors (Lipinski definition) is 3. The van der Waals surface area contributed by atoms with Crippen molar-refractivity contribution in [3.05, 3.63) is 22.4 Å². The van der Waals surface area contributed by atoms with Gasteiger partial charge in [0.1, 0.15) is 0 Å². The van der Waals surface area contributed by atoms with Gasteiger partial charge in [-0.3, -0.25) is 4.90 Å². The Balaban J connectivity index is 2.49. The molecule has 1 heterocycles. The Morgan fingerprint density at radius 3 is 2.37 bits per heavy atom. The normalized spacial score (nSPS) is 13.2. The SMILES string of the molecule is CCN(Cc1cccs1)CC(C)(C)CNC(C)(C)C. The molecule has 0 saturated heterocycles. The van der Waals surface area contributed by atoms with Crippen LogP contribution in [-0.2, 0) is 6.54 Å². The van der Waals surface area contributed by atoms with Crippen molar-refractivity contribution in [2.24, 2.45) is 5.41 Å². The highest BCUT2D eigenvalue weighted by molar-refractivity contribution is 7.09. The van der Waals surface area contributed by atoms with E-state index in [-0.39, 0.29) is 5.54 Å². The van der Waals surface area contributed by atoms with Gasteiger partial charge in [0.2, 0.25) is 0 Å². The fourth-order valence-electron chi connectivity index (χ4n) is 2.07. The van der Waals surface area contributed by atoms with Crippen LogP contribution >= 0.6 is 11.3 Å². The van der Waals surface area contributed by atoms with E-state index >= 15 is 0 Å². The maximum Gasteiger partial charge on any atom is 0.0328 e. The molecule has 0 aliphatic carbocycles. The summed E-state index contributed by atoms with van der Waals surface area (Å²) in [5.41, 5.74) is 0.489. The lowest BCUT2D eigenvalue weighted by Gasteiger charge is -2.34. The number of thiophene rings is 1. The first-order chi connectivity index (χ1) is 8.72. The molecule has 0 aliphatic heterocycles. The fraction of sp³-hybridized carbons (Fsp3) is 0.750. The van der Waals surface area contributed by atoms with Crippen LogP contribution in [0.2, 0.25) is 0 Å². The van der Waals surface area contributed by atoms with E-state index in [1.165, 1.54) is 4.88 Å². The maximum atomic E-state index is 3.63. The van der Waals surface area contributed by atoms with Crippen molar-refractivity contribution in [1.29, 1.82) is 0 Å². The molecule has 19 heavy (non-hydrogen) atoms. The van der Waals surface area contributed by atoms with Gasteiger partial charge in [-0.2, -0.15) is 0 Å². The quantitative estimate of drug-likeness (QED) is 0.813. The zero-order chi connectivity index (χ0) is 14.5. The number of nitrogens with zero attached hydrogens (tertiary/aromatic N) is 1. The molecule has 2 nitrogen and oxygen atoms in total. The zero-order valence-corrected chi connectivity index (χ0v) is 14.2. The average molecular weight is 282 g/mol. The standard InChI is InChI=1S/C16H30N2S/c1-7-18(11-14-9-8-10-19-14)13-16(5,6)12-17-15(2,3)4/h8-10,17H,7,11-13H2,1-6H3.